The van der Waals surface area contributed by atoms with Crippen molar-refractivity contribution in [3.63, 3.8) is 0 Å². The zero-order valence-electron chi connectivity index (χ0n) is 10.1. The second kappa shape index (κ2) is 5.36. The maximum absolute atomic E-state index is 13.7. The van der Waals surface area contributed by atoms with Gasteiger partial charge in [0.05, 0.1) is 11.1 Å². The second-order valence-corrected chi connectivity index (χ2v) is 4.07. The first-order valence-corrected chi connectivity index (χ1v) is 5.65. The van der Waals surface area contributed by atoms with E-state index in [0.717, 1.165) is 17.7 Å². The van der Waals surface area contributed by atoms with Crippen molar-refractivity contribution >= 4 is 5.91 Å². The molecule has 106 valence electrons. The average Bonchev–Trinajstić information content (AvgIpc) is 2.88. The Balaban J connectivity index is 2.18. The molecule has 20 heavy (non-hydrogen) atoms. The van der Waals surface area contributed by atoms with E-state index in [1.165, 1.54) is 0 Å². The van der Waals surface area contributed by atoms with Gasteiger partial charge < -0.3 is 10.3 Å². The first-order valence-electron chi connectivity index (χ1n) is 5.65. The van der Waals surface area contributed by atoms with E-state index in [9.17, 15) is 22.4 Å². The highest BCUT2D eigenvalue weighted by Gasteiger charge is 2.35. The largest absolute Gasteiger partial charge is 0.419 e. The predicted molar refractivity (Wildman–Crippen MR) is 63.4 cm³/mol. The van der Waals surface area contributed by atoms with Crippen molar-refractivity contribution in [2.24, 2.45) is 0 Å². The van der Waals surface area contributed by atoms with Crippen molar-refractivity contribution in [3.05, 3.63) is 59.2 Å². The van der Waals surface area contributed by atoms with Crippen molar-refractivity contribution in [3.8, 4) is 0 Å². The normalized spacial score (nSPS) is 11.4. The third-order valence-electron chi connectivity index (χ3n) is 2.66. The Morgan fingerprint density at radius 3 is 2.60 bits per heavy atom. The summed E-state index contributed by atoms with van der Waals surface area (Å²) in [6, 6.07) is 4.29. The standard InChI is InChI=1S/C13H10F4N2O/c14-11-9(2-1-3-10(11)13(15,16)17)12(20)19-7-8-4-5-18-6-8/h1-6,18H,7H2,(H,19,20). The Kier molecular flexibility index (Phi) is 3.78. The van der Waals surface area contributed by atoms with Crippen molar-refractivity contribution in [1.29, 1.82) is 0 Å². The fourth-order valence-electron chi connectivity index (χ4n) is 1.67. The van der Waals surface area contributed by atoms with Crippen LogP contribution in [0.5, 0.6) is 0 Å². The maximum atomic E-state index is 13.7. The minimum Gasteiger partial charge on any atom is -0.367 e. The smallest absolute Gasteiger partial charge is 0.367 e. The van der Waals surface area contributed by atoms with Crippen LogP contribution in [0.4, 0.5) is 17.6 Å². The van der Waals surface area contributed by atoms with Crippen molar-refractivity contribution < 1.29 is 22.4 Å². The third kappa shape index (κ3) is 2.98. The molecular formula is C13H10F4N2O. The van der Waals surface area contributed by atoms with Gasteiger partial charge in [0.2, 0.25) is 0 Å². The number of carbonyl (C=O) groups is 1. The van der Waals surface area contributed by atoms with Gasteiger partial charge in [0, 0.05) is 18.9 Å². The molecule has 0 unspecified atom stereocenters. The van der Waals surface area contributed by atoms with Crippen molar-refractivity contribution in [2.75, 3.05) is 0 Å². The first kappa shape index (κ1) is 14.1. The van der Waals surface area contributed by atoms with Crippen LogP contribution in [0.25, 0.3) is 0 Å². The van der Waals surface area contributed by atoms with E-state index in [1.807, 2.05) is 0 Å². The minimum atomic E-state index is -4.83. The third-order valence-corrected chi connectivity index (χ3v) is 2.66. The van der Waals surface area contributed by atoms with Gasteiger partial charge >= 0.3 is 6.18 Å². The lowest BCUT2D eigenvalue weighted by atomic mass is 10.1. The van der Waals surface area contributed by atoms with Crippen molar-refractivity contribution in [1.82, 2.24) is 10.3 Å². The summed E-state index contributed by atoms with van der Waals surface area (Å²) in [6.45, 7) is 0.0953. The molecule has 1 aromatic carbocycles. The van der Waals surface area contributed by atoms with E-state index in [1.54, 1.807) is 18.5 Å². The minimum absolute atomic E-state index is 0.0953. The molecule has 0 aliphatic heterocycles. The molecule has 0 atom stereocenters. The Labute approximate surface area is 111 Å². The molecule has 7 heteroatoms. The molecule has 0 aliphatic rings. The fraction of sp³-hybridized carbons (Fsp3) is 0.154. The second-order valence-electron chi connectivity index (χ2n) is 4.07. The Morgan fingerprint density at radius 2 is 2.00 bits per heavy atom. The molecule has 2 rings (SSSR count). The van der Waals surface area contributed by atoms with Gasteiger partial charge in [-0.15, -0.1) is 0 Å². The topological polar surface area (TPSA) is 44.9 Å². The van der Waals surface area contributed by atoms with Gasteiger partial charge in [-0.3, -0.25) is 4.79 Å². The average molecular weight is 286 g/mol. The number of carbonyl (C=O) groups excluding carboxylic acids is 1. The van der Waals surface area contributed by atoms with Crippen LogP contribution in [0.3, 0.4) is 0 Å². The van der Waals surface area contributed by atoms with Gasteiger partial charge in [-0.1, -0.05) is 6.07 Å². The Hall–Kier alpha value is -2.31. The molecule has 1 aromatic heterocycles. The lowest BCUT2D eigenvalue weighted by Crippen LogP contribution is -2.24. The van der Waals surface area contributed by atoms with Crippen LogP contribution < -0.4 is 5.32 Å². The Morgan fingerprint density at radius 1 is 1.25 bits per heavy atom. The van der Waals surface area contributed by atoms with E-state index in [2.05, 4.69) is 10.3 Å². The molecule has 1 heterocycles. The quantitative estimate of drug-likeness (QED) is 0.837. The van der Waals surface area contributed by atoms with Crippen LogP contribution in [0.2, 0.25) is 0 Å². The number of H-pyrrole nitrogens is 1. The molecule has 0 aliphatic carbocycles. The predicted octanol–water partition coefficient (Wildman–Crippen LogP) is 3.10. The molecule has 1 amide bonds. The highest BCUT2D eigenvalue weighted by atomic mass is 19.4. The first-order chi connectivity index (χ1) is 9.39. The van der Waals surface area contributed by atoms with E-state index < -0.39 is 29.0 Å². The van der Waals surface area contributed by atoms with Crippen LogP contribution in [-0.2, 0) is 12.7 Å². The number of hydrogen-bond donors (Lipinski definition) is 2. The van der Waals surface area contributed by atoms with Gasteiger partial charge in [-0.05, 0) is 23.8 Å². The van der Waals surface area contributed by atoms with Gasteiger partial charge in [-0.2, -0.15) is 13.2 Å². The molecule has 3 nitrogen and oxygen atoms in total. The lowest BCUT2D eigenvalue weighted by Gasteiger charge is -2.11. The van der Waals surface area contributed by atoms with Gasteiger partial charge in [-0.25, -0.2) is 4.39 Å². The number of alkyl halides is 3. The summed E-state index contributed by atoms with van der Waals surface area (Å²) in [6.07, 6.45) is -1.59. The summed E-state index contributed by atoms with van der Waals surface area (Å²) < 4.78 is 51.3. The van der Waals surface area contributed by atoms with Gasteiger partial charge in [0.1, 0.15) is 5.82 Å². The van der Waals surface area contributed by atoms with Crippen LogP contribution in [0, 0.1) is 5.82 Å². The number of nitrogens with one attached hydrogen (secondary N) is 2. The molecule has 0 radical (unpaired) electrons. The number of hydrogen-bond acceptors (Lipinski definition) is 1. The summed E-state index contributed by atoms with van der Waals surface area (Å²) in [5, 5.41) is 2.35. The summed E-state index contributed by atoms with van der Waals surface area (Å²) in [5.74, 6) is -2.46. The van der Waals surface area contributed by atoms with E-state index in [-0.39, 0.29) is 6.54 Å². The number of rotatable bonds is 3. The summed E-state index contributed by atoms with van der Waals surface area (Å²) in [7, 11) is 0. The number of aromatic nitrogens is 1. The van der Waals surface area contributed by atoms with Crippen LogP contribution >= 0.6 is 0 Å². The highest BCUT2D eigenvalue weighted by molar-refractivity contribution is 5.94. The lowest BCUT2D eigenvalue weighted by molar-refractivity contribution is -0.140. The monoisotopic (exact) mass is 286 g/mol. The zero-order valence-corrected chi connectivity index (χ0v) is 10.1. The Bertz CT molecular complexity index is 605. The van der Waals surface area contributed by atoms with Crippen LogP contribution in [0.1, 0.15) is 21.5 Å². The number of benzene rings is 1. The molecule has 0 saturated carbocycles. The maximum Gasteiger partial charge on any atom is 0.419 e. The number of amides is 1. The van der Waals surface area contributed by atoms with E-state index in [4.69, 9.17) is 0 Å². The molecule has 2 N–H and O–H groups in total. The summed E-state index contributed by atoms with van der Waals surface area (Å²) >= 11 is 0. The van der Waals surface area contributed by atoms with Gasteiger partial charge in [0.25, 0.3) is 5.91 Å². The molecular weight excluding hydrogens is 276 g/mol. The molecule has 0 spiro atoms. The number of aromatic amines is 1. The SMILES string of the molecule is O=C(NCc1cc[nH]c1)c1cccc(C(F)(F)F)c1F. The molecule has 0 bridgehead atoms. The van der Waals surface area contributed by atoms with Crippen LogP contribution in [0.15, 0.2) is 36.7 Å². The molecule has 2 aromatic rings. The summed E-state index contributed by atoms with van der Waals surface area (Å²) in [4.78, 5) is 14.5. The zero-order chi connectivity index (χ0) is 14.8. The fourth-order valence-corrected chi connectivity index (χ4v) is 1.67. The number of halogens is 4. The van der Waals surface area contributed by atoms with E-state index >= 15 is 0 Å². The molecule has 0 fully saturated rings. The molecule has 0 saturated heterocycles. The summed E-state index contributed by atoms with van der Waals surface area (Å²) in [5.41, 5.74) is -1.35. The van der Waals surface area contributed by atoms with Crippen molar-refractivity contribution in [2.45, 2.75) is 12.7 Å². The van der Waals surface area contributed by atoms with Gasteiger partial charge in [0.15, 0.2) is 0 Å². The van der Waals surface area contributed by atoms with Crippen LogP contribution in [-0.4, -0.2) is 10.9 Å². The van der Waals surface area contributed by atoms with E-state index in [0.29, 0.717) is 6.07 Å². The highest BCUT2D eigenvalue weighted by Crippen LogP contribution is 2.32.